The largest absolute Gasteiger partial charge is 0.507 e. The molecule has 1 N–H and O–H groups in total. The number of hydrogen-bond acceptors (Lipinski definition) is 4. The molecule has 0 spiro atoms. The van der Waals surface area contributed by atoms with Gasteiger partial charge < -0.3 is 14.7 Å². The number of fused-ring (bicyclic) bond motifs is 1. The van der Waals surface area contributed by atoms with E-state index < -0.39 is 17.7 Å². The van der Waals surface area contributed by atoms with Crippen LogP contribution in [-0.4, -0.2) is 34.3 Å². The van der Waals surface area contributed by atoms with Crippen molar-refractivity contribution in [2.45, 2.75) is 52.2 Å². The van der Waals surface area contributed by atoms with Gasteiger partial charge in [-0.3, -0.25) is 9.59 Å². The molecular formula is C29H31NO4. The normalized spacial score (nSPS) is 17.6. The molecule has 1 atom stereocenters. The van der Waals surface area contributed by atoms with Crippen molar-refractivity contribution in [3.8, 4) is 5.75 Å². The zero-order valence-corrected chi connectivity index (χ0v) is 20.0. The Balaban J connectivity index is 1.80. The Bertz CT molecular complexity index is 1230. The smallest absolute Gasteiger partial charge is 0.295 e. The van der Waals surface area contributed by atoms with Gasteiger partial charge in [0.1, 0.15) is 11.5 Å². The molecule has 1 aliphatic rings. The third kappa shape index (κ3) is 4.69. The molecule has 3 aromatic carbocycles. The number of benzene rings is 3. The van der Waals surface area contributed by atoms with Crippen molar-refractivity contribution in [3.05, 3.63) is 83.4 Å². The van der Waals surface area contributed by atoms with E-state index in [1.165, 1.54) is 0 Å². The summed E-state index contributed by atoms with van der Waals surface area (Å²) in [5, 5.41) is 13.3. The fraction of sp³-hybridized carbons (Fsp3) is 0.310. The molecule has 1 aliphatic heterocycles. The number of nitrogens with zero attached hydrogens (tertiary/aromatic N) is 1. The topological polar surface area (TPSA) is 66.8 Å². The fourth-order valence-electron chi connectivity index (χ4n) is 4.48. The number of unbranched alkanes of at least 4 members (excludes halogenated alkanes) is 2. The average Bonchev–Trinajstić information content (AvgIpc) is 3.08. The molecule has 1 fully saturated rings. The summed E-state index contributed by atoms with van der Waals surface area (Å²) in [5.41, 5.74) is 1.43. The molecule has 4 rings (SSSR count). The van der Waals surface area contributed by atoms with Gasteiger partial charge in [-0.2, -0.15) is 0 Å². The maximum Gasteiger partial charge on any atom is 0.295 e. The van der Waals surface area contributed by atoms with Gasteiger partial charge in [-0.15, -0.1) is 0 Å². The molecule has 1 heterocycles. The van der Waals surface area contributed by atoms with Gasteiger partial charge in [0.05, 0.1) is 17.7 Å². The van der Waals surface area contributed by atoms with Gasteiger partial charge in [-0.05, 0) is 54.8 Å². The Kier molecular flexibility index (Phi) is 7.01. The predicted molar refractivity (Wildman–Crippen MR) is 135 cm³/mol. The highest BCUT2D eigenvalue weighted by atomic mass is 16.5. The summed E-state index contributed by atoms with van der Waals surface area (Å²) in [4.78, 5) is 27.8. The Morgan fingerprint density at radius 1 is 0.971 bits per heavy atom. The van der Waals surface area contributed by atoms with Crippen molar-refractivity contribution in [2.75, 3.05) is 6.54 Å². The van der Waals surface area contributed by atoms with E-state index in [1.807, 2.05) is 74.5 Å². The average molecular weight is 458 g/mol. The molecule has 0 saturated carbocycles. The minimum Gasteiger partial charge on any atom is -0.507 e. The second kappa shape index (κ2) is 10.1. The predicted octanol–water partition coefficient (Wildman–Crippen LogP) is 6.24. The number of ketones is 1. The molecule has 0 aliphatic carbocycles. The van der Waals surface area contributed by atoms with Gasteiger partial charge in [0, 0.05) is 12.1 Å². The van der Waals surface area contributed by atoms with Crippen LogP contribution in [0.3, 0.4) is 0 Å². The molecule has 5 nitrogen and oxygen atoms in total. The Hall–Kier alpha value is -3.60. The highest BCUT2D eigenvalue weighted by molar-refractivity contribution is 6.46. The SMILES string of the molecule is CCCCCN1C(=O)C(=O)/C(=C(\O)c2ccc3ccccc3c2)C1c1ccc(OC(C)C)cc1. The van der Waals surface area contributed by atoms with Crippen LogP contribution >= 0.6 is 0 Å². The van der Waals surface area contributed by atoms with Crippen LogP contribution in [-0.2, 0) is 9.59 Å². The van der Waals surface area contributed by atoms with Crippen molar-refractivity contribution in [1.82, 2.24) is 4.90 Å². The number of carbonyl (C=O) groups excluding carboxylic acids is 2. The quantitative estimate of drug-likeness (QED) is 0.188. The number of carbonyl (C=O) groups is 2. The van der Waals surface area contributed by atoms with Crippen LogP contribution < -0.4 is 4.74 Å². The van der Waals surface area contributed by atoms with Gasteiger partial charge in [0.15, 0.2) is 0 Å². The van der Waals surface area contributed by atoms with Crippen LogP contribution in [0.25, 0.3) is 16.5 Å². The van der Waals surface area contributed by atoms with Crippen molar-refractivity contribution in [3.63, 3.8) is 0 Å². The zero-order valence-electron chi connectivity index (χ0n) is 20.0. The monoisotopic (exact) mass is 457 g/mol. The van der Waals surface area contributed by atoms with Gasteiger partial charge in [-0.1, -0.05) is 68.3 Å². The third-order valence-electron chi connectivity index (χ3n) is 6.13. The number of aliphatic hydroxyl groups excluding tert-OH is 1. The lowest BCUT2D eigenvalue weighted by Gasteiger charge is -2.25. The highest BCUT2D eigenvalue weighted by Gasteiger charge is 2.45. The van der Waals surface area contributed by atoms with Gasteiger partial charge in [0.2, 0.25) is 0 Å². The van der Waals surface area contributed by atoms with E-state index >= 15 is 0 Å². The molecule has 34 heavy (non-hydrogen) atoms. The van der Waals surface area contributed by atoms with E-state index in [9.17, 15) is 14.7 Å². The molecule has 1 saturated heterocycles. The lowest BCUT2D eigenvalue weighted by atomic mass is 9.94. The third-order valence-corrected chi connectivity index (χ3v) is 6.13. The summed E-state index contributed by atoms with van der Waals surface area (Å²) in [6.07, 6.45) is 2.80. The molecule has 5 heteroatoms. The summed E-state index contributed by atoms with van der Waals surface area (Å²) >= 11 is 0. The lowest BCUT2D eigenvalue weighted by molar-refractivity contribution is -0.139. The summed E-state index contributed by atoms with van der Waals surface area (Å²) < 4.78 is 5.76. The lowest BCUT2D eigenvalue weighted by Crippen LogP contribution is -2.30. The van der Waals surface area contributed by atoms with E-state index in [2.05, 4.69) is 6.92 Å². The summed E-state index contributed by atoms with van der Waals surface area (Å²) in [6, 6.07) is 20.2. The molecule has 0 radical (unpaired) electrons. The second-order valence-corrected chi connectivity index (χ2v) is 9.00. The van der Waals surface area contributed by atoms with E-state index in [0.717, 1.165) is 41.3 Å². The van der Waals surface area contributed by atoms with Crippen molar-refractivity contribution in [2.24, 2.45) is 0 Å². The zero-order chi connectivity index (χ0) is 24.2. The van der Waals surface area contributed by atoms with Gasteiger partial charge in [0.25, 0.3) is 11.7 Å². The minimum atomic E-state index is -0.644. The molecule has 1 unspecified atom stereocenters. The number of amides is 1. The number of ether oxygens (including phenoxy) is 1. The maximum atomic E-state index is 13.2. The minimum absolute atomic E-state index is 0.0402. The van der Waals surface area contributed by atoms with E-state index in [1.54, 1.807) is 11.0 Å². The molecular weight excluding hydrogens is 426 g/mol. The summed E-state index contributed by atoms with van der Waals surface area (Å²) in [7, 11) is 0. The highest BCUT2D eigenvalue weighted by Crippen LogP contribution is 2.40. The number of aliphatic hydroxyl groups is 1. The van der Waals surface area contributed by atoms with E-state index in [0.29, 0.717) is 12.1 Å². The first-order valence-corrected chi connectivity index (χ1v) is 11.9. The maximum absolute atomic E-state index is 13.2. The Labute approximate surface area is 200 Å². The van der Waals surface area contributed by atoms with E-state index in [4.69, 9.17) is 4.74 Å². The molecule has 176 valence electrons. The van der Waals surface area contributed by atoms with Crippen LogP contribution in [0.4, 0.5) is 0 Å². The number of likely N-dealkylation sites (tertiary alicyclic amines) is 1. The first kappa shape index (κ1) is 23.6. The van der Waals surface area contributed by atoms with Crippen LogP contribution in [0.2, 0.25) is 0 Å². The number of hydrogen-bond donors (Lipinski definition) is 1. The van der Waals surface area contributed by atoms with Crippen molar-refractivity contribution >= 4 is 28.2 Å². The van der Waals surface area contributed by atoms with Gasteiger partial charge >= 0.3 is 0 Å². The Morgan fingerprint density at radius 3 is 2.35 bits per heavy atom. The van der Waals surface area contributed by atoms with Crippen LogP contribution in [0.15, 0.2) is 72.3 Å². The van der Waals surface area contributed by atoms with Crippen LogP contribution in [0.5, 0.6) is 5.75 Å². The molecule has 0 bridgehead atoms. The summed E-state index contributed by atoms with van der Waals surface area (Å²) in [6.45, 7) is 6.47. The number of Topliss-reactive ketones (excluding diaryl/α,β-unsaturated/α-hetero) is 1. The Morgan fingerprint density at radius 2 is 1.68 bits per heavy atom. The van der Waals surface area contributed by atoms with Crippen molar-refractivity contribution in [1.29, 1.82) is 0 Å². The second-order valence-electron chi connectivity index (χ2n) is 9.00. The molecule has 3 aromatic rings. The first-order chi connectivity index (χ1) is 16.4. The van der Waals surface area contributed by atoms with Crippen LogP contribution in [0, 0.1) is 0 Å². The standard InChI is InChI=1S/C29H31NO4/c1-4-5-8-17-30-26(21-13-15-24(16-14-21)34-19(2)3)25(28(32)29(30)33)27(31)23-12-11-20-9-6-7-10-22(20)18-23/h6-7,9-16,18-19,26,31H,4-5,8,17H2,1-3H3/b27-25-. The van der Waals surface area contributed by atoms with E-state index in [-0.39, 0.29) is 17.4 Å². The van der Waals surface area contributed by atoms with Crippen LogP contribution in [0.1, 0.15) is 57.2 Å². The first-order valence-electron chi connectivity index (χ1n) is 11.9. The number of rotatable bonds is 8. The fourth-order valence-corrected chi connectivity index (χ4v) is 4.48. The molecule has 1 amide bonds. The summed E-state index contributed by atoms with van der Waals surface area (Å²) in [5.74, 6) is -0.633. The van der Waals surface area contributed by atoms with Gasteiger partial charge in [-0.25, -0.2) is 0 Å². The molecule has 0 aromatic heterocycles. The van der Waals surface area contributed by atoms with Crippen molar-refractivity contribution < 1.29 is 19.4 Å².